The van der Waals surface area contributed by atoms with Gasteiger partial charge in [-0.05, 0) is 63.9 Å². The quantitative estimate of drug-likeness (QED) is 0.477. The molecule has 2 aromatic carbocycles. The highest BCUT2D eigenvalue weighted by Gasteiger charge is 2.37. The number of nitrogens with one attached hydrogen (secondary N) is 1. The SMILES string of the molecule is COc1ccc(Br)c(C(=O)Nc2ccc(CO[Si](C)(C)C(C)(C)C)cc2)c1OC. The van der Waals surface area contributed by atoms with E-state index in [0.29, 0.717) is 33.8 Å². The summed E-state index contributed by atoms with van der Waals surface area (Å²) < 4.78 is 17.6. The second-order valence-electron chi connectivity index (χ2n) is 8.36. The molecule has 2 rings (SSSR count). The van der Waals surface area contributed by atoms with Gasteiger partial charge in [-0.3, -0.25) is 4.79 Å². The van der Waals surface area contributed by atoms with Gasteiger partial charge in [-0.15, -0.1) is 0 Å². The van der Waals surface area contributed by atoms with Crippen molar-refractivity contribution in [3.8, 4) is 11.5 Å². The minimum Gasteiger partial charge on any atom is -0.493 e. The van der Waals surface area contributed by atoms with E-state index in [1.54, 1.807) is 12.1 Å². The molecule has 0 aromatic heterocycles. The van der Waals surface area contributed by atoms with E-state index < -0.39 is 8.32 Å². The third kappa shape index (κ3) is 5.62. The van der Waals surface area contributed by atoms with Crippen LogP contribution in [0.2, 0.25) is 18.1 Å². The molecule has 0 radical (unpaired) electrons. The largest absolute Gasteiger partial charge is 0.493 e. The van der Waals surface area contributed by atoms with E-state index in [1.165, 1.54) is 14.2 Å². The number of carbonyl (C=O) groups is 1. The highest BCUT2D eigenvalue weighted by Crippen LogP contribution is 2.38. The smallest absolute Gasteiger partial charge is 0.260 e. The molecular formula is C22H30BrNO4Si. The van der Waals surface area contributed by atoms with Gasteiger partial charge in [0.2, 0.25) is 0 Å². The number of hydrogen-bond acceptors (Lipinski definition) is 4. The number of benzene rings is 2. The predicted octanol–water partition coefficient (Wildman–Crippen LogP) is 6.24. The van der Waals surface area contributed by atoms with Crippen LogP contribution in [0.4, 0.5) is 5.69 Å². The van der Waals surface area contributed by atoms with Crippen LogP contribution >= 0.6 is 15.9 Å². The van der Waals surface area contributed by atoms with Gasteiger partial charge in [-0.1, -0.05) is 32.9 Å². The molecule has 0 atom stereocenters. The van der Waals surface area contributed by atoms with E-state index in [4.69, 9.17) is 13.9 Å². The van der Waals surface area contributed by atoms with Gasteiger partial charge in [0.15, 0.2) is 19.8 Å². The van der Waals surface area contributed by atoms with Gasteiger partial charge in [0.05, 0.1) is 26.4 Å². The fourth-order valence-electron chi connectivity index (χ4n) is 2.47. The zero-order valence-corrected chi connectivity index (χ0v) is 20.8. The van der Waals surface area contributed by atoms with Crippen LogP contribution in [0.3, 0.4) is 0 Å². The molecule has 158 valence electrons. The third-order valence-corrected chi connectivity index (χ3v) is 10.5. The van der Waals surface area contributed by atoms with Crippen molar-refractivity contribution >= 4 is 35.8 Å². The Morgan fingerprint density at radius 3 is 2.17 bits per heavy atom. The van der Waals surface area contributed by atoms with E-state index >= 15 is 0 Å². The molecule has 0 aliphatic carbocycles. The van der Waals surface area contributed by atoms with Crippen LogP contribution in [-0.2, 0) is 11.0 Å². The summed E-state index contributed by atoms with van der Waals surface area (Å²) in [5.41, 5.74) is 2.16. The van der Waals surface area contributed by atoms with Gasteiger partial charge in [0, 0.05) is 10.2 Å². The van der Waals surface area contributed by atoms with E-state index in [9.17, 15) is 4.79 Å². The maximum atomic E-state index is 12.8. The Kier molecular flexibility index (Phi) is 7.54. The lowest BCUT2D eigenvalue weighted by Gasteiger charge is -2.36. The molecule has 0 aliphatic heterocycles. The number of halogens is 1. The molecule has 2 aromatic rings. The van der Waals surface area contributed by atoms with Crippen LogP contribution in [0.1, 0.15) is 36.7 Å². The summed E-state index contributed by atoms with van der Waals surface area (Å²) in [6, 6.07) is 11.2. The Morgan fingerprint density at radius 1 is 1.03 bits per heavy atom. The fourth-order valence-corrected chi connectivity index (χ4v) is 3.93. The molecule has 1 amide bonds. The maximum absolute atomic E-state index is 12.8. The molecular weight excluding hydrogens is 450 g/mol. The summed E-state index contributed by atoms with van der Waals surface area (Å²) in [5, 5.41) is 3.08. The van der Waals surface area contributed by atoms with Crippen LogP contribution in [0.5, 0.6) is 11.5 Å². The number of carbonyl (C=O) groups excluding carboxylic acids is 1. The lowest BCUT2D eigenvalue weighted by Crippen LogP contribution is -2.40. The first-order valence-electron chi connectivity index (χ1n) is 9.45. The normalized spacial score (nSPS) is 11.9. The standard InChI is InChI=1S/C22H30BrNO4Si/c1-22(2,3)29(6,7)28-14-15-8-10-16(11-9-15)24-21(25)19-17(23)12-13-18(26-4)20(19)27-5/h8-13H,14H2,1-7H3,(H,24,25). The van der Waals surface area contributed by atoms with Crippen LogP contribution in [0, 0.1) is 0 Å². The average molecular weight is 480 g/mol. The molecule has 5 nitrogen and oxygen atoms in total. The molecule has 0 saturated carbocycles. The Balaban J connectivity index is 2.12. The average Bonchev–Trinajstić information content (AvgIpc) is 2.66. The Hall–Kier alpha value is -1.83. The molecule has 0 heterocycles. The number of amides is 1. The van der Waals surface area contributed by atoms with Crippen LogP contribution < -0.4 is 14.8 Å². The topological polar surface area (TPSA) is 56.8 Å². The maximum Gasteiger partial charge on any atom is 0.260 e. The Morgan fingerprint density at radius 2 is 1.66 bits per heavy atom. The molecule has 0 spiro atoms. The number of anilines is 1. The minimum absolute atomic E-state index is 0.171. The van der Waals surface area contributed by atoms with Crippen molar-refractivity contribution in [3.05, 3.63) is 52.0 Å². The van der Waals surface area contributed by atoms with Gasteiger partial charge in [-0.2, -0.15) is 0 Å². The van der Waals surface area contributed by atoms with Crippen LogP contribution in [-0.4, -0.2) is 28.4 Å². The highest BCUT2D eigenvalue weighted by atomic mass is 79.9. The van der Waals surface area contributed by atoms with Gasteiger partial charge in [-0.25, -0.2) is 0 Å². The second kappa shape index (κ2) is 9.32. The second-order valence-corrected chi connectivity index (χ2v) is 14.0. The van der Waals surface area contributed by atoms with Gasteiger partial charge >= 0.3 is 0 Å². The van der Waals surface area contributed by atoms with Gasteiger partial charge in [0.25, 0.3) is 5.91 Å². The molecule has 0 aliphatic rings. The summed E-state index contributed by atoms with van der Waals surface area (Å²) in [6.07, 6.45) is 0. The summed E-state index contributed by atoms with van der Waals surface area (Å²) in [5.74, 6) is 0.607. The van der Waals surface area contributed by atoms with Crippen LogP contribution in [0.25, 0.3) is 0 Å². The van der Waals surface area contributed by atoms with E-state index in [-0.39, 0.29) is 10.9 Å². The van der Waals surface area contributed by atoms with E-state index in [2.05, 4.69) is 55.1 Å². The first-order chi connectivity index (χ1) is 13.5. The molecule has 0 fully saturated rings. The summed E-state index contributed by atoms with van der Waals surface area (Å²) >= 11 is 3.42. The van der Waals surface area contributed by atoms with Crippen molar-refractivity contribution < 1.29 is 18.7 Å². The minimum atomic E-state index is -1.80. The monoisotopic (exact) mass is 479 g/mol. The first kappa shape index (κ1) is 23.4. The molecule has 0 saturated heterocycles. The van der Waals surface area contributed by atoms with Crippen molar-refractivity contribution in [2.75, 3.05) is 19.5 Å². The lowest BCUT2D eigenvalue weighted by atomic mass is 10.1. The van der Waals surface area contributed by atoms with Gasteiger partial charge in [0.1, 0.15) is 0 Å². The number of ether oxygens (including phenoxy) is 2. The molecule has 1 N–H and O–H groups in total. The fraction of sp³-hybridized carbons (Fsp3) is 0.409. The van der Waals surface area contributed by atoms with Crippen molar-refractivity contribution in [2.24, 2.45) is 0 Å². The number of hydrogen-bond donors (Lipinski definition) is 1. The summed E-state index contributed by atoms with van der Waals surface area (Å²) in [6.45, 7) is 11.7. The lowest BCUT2D eigenvalue weighted by molar-refractivity contribution is 0.102. The third-order valence-electron chi connectivity index (χ3n) is 5.34. The summed E-state index contributed by atoms with van der Waals surface area (Å²) in [4.78, 5) is 12.8. The molecule has 0 bridgehead atoms. The number of rotatable bonds is 7. The van der Waals surface area contributed by atoms with Crippen molar-refractivity contribution in [1.29, 1.82) is 0 Å². The van der Waals surface area contributed by atoms with Crippen molar-refractivity contribution in [3.63, 3.8) is 0 Å². The Bertz CT molecular complexity index is 860. The molecule has 7 heteroatoms. The Labute approximate surface area is 183 Å². The van der Waals surface area contributed by atoms with E-state index in [0.717, 1.165) is 5.56 Å². The van der Waals surface area contributed by atoms with Crippen LogP contribution in [0.15, 0.2) is 40.9 Å². The first-order valence-corrected chi connectivity index (χ1v) is 13.1. The zero-order chi connectivity index (χ0) is 21.8. The summed E-state index contributed by atoms with van der Waals surface area (Å²) in [7, 11) is 1.25. The van der Waals surface area contributed by atoms with Crippen molar-refractivity contribution in [2.45, 2.75) is 45.5 Å². The zero-order valence-electron chi connectivity index (χ0n) is 18.2. The molecule has 0 unspecified atom stereocenters. The predicted molar refractivity (Wildman–Crippen MR) is 124 cm³/mol. The molecule has 29 heavy (non-hydrogen) atoms. The van der Waals surface area contributed by atoms with Crippen molar-refractivity contribution in [1.82, 2.24) is 0 Å². The van der Waals surface area contributed by atoms with Gasteiger partial charge < -0.3 is 19.2 Å². The highest BCUT2D eigenvalue weighted by molar-refractivity contribution is 9.10. The van der Waals surface area contributed by atoms with E-state index in [1.807, 2.05) is 24.3 Å². The number of methoxy groups -OCH3 is 2.